The summed E-state index contributed by atoms with van der Waals surface area (Å²) in [6.07, 6.45) is 2.09. The van der Waals surface area contributed by atoms with Gasteiger partial charge in [0, 0.05) is 24.3 Å². The first-order chi connectivity index (χ1) is 12.9. The molecule has 2 aromatic rings. The molecule has 1 fully saturated rings. The van der Waals surface area contributed by atoms with E-state index in [1.165, 1.54) is 0 Å². The van der Waals surface area contributed by atoms with Crippen molar-refractivity contribution in [2.24, 2.45) is 5.92 Å². The average Bonchev–Trinajstić information content (AvgIpc) is 3.09. The van der Waals surface area contributed by atoms with Gasteiger partial charge in [0.15, 0.2) is 15.5 Å². The molecule has 1 aromatic carbocycles. The van der Waals surface area contributed by atoms with Gasteiger partial charge in [-0.1, -0.05) is 6.92 Å². The summed E-state index contributed by atoms with van der Waals surface area (Å²) in [6.45, 7) is 3.83. The minimum atomic E-state index is -0.440. The minimum Gasteiger partial charge on any atom is -0.444 e. The fourth-order valence-electron chi connectivity index (χ4n) is 2.85. The number of halogens is 1. The van der Waals surface area contributed by atoms with Crippen molar-refractivity contribution in [3.8, 4) is 0 Å². The zero-order chi connectivity index (χ0) is 19.4. The second kappa shape index (κ2) is 8.67. The van der Waals surface area contributed by atoms with E-state index in [9.17, 15) is 9.59 Å². The first-order valence-electron chi connectivity index (χ1n) is 8.69. The number of rotatable bonds is 3. The number of hydrogen-bond acceptors (Lipinski definition) is 4. The van der Waals surface area contributed by atoms with Crippen LogP contribution in [0, 0.1) is 5.92 Å². The molecule has 1 aliphatic rings. The monoisotopic (exact) mass is 449 g/mol. The first-order valence-corrected chi connectivity index (χ1v) is 9.89. The molecule has 1 aromatic heterocycles. The molecule has 0 unspecified atom stereocenters. The number of hydrogen-bond donors (Lipinski definition) is 2. The summed E-state index contributed by atoms with van der Waals surface area (Å²) in [4.78, 5) is 26.4. The number of anilines is 1. The second-order valence-electron chi connectivity index (χ2n) is 6.56. The maximum Gasteiger partial charge on any atom is 0.293 e. The standard InChI is InChI=1S/C19H20BrN3O3S/c1-12-8-10-23(11-9-12)18(25)13-2-4-14(5-3-13)21-19(27)22-17(24)15-6-7-16(20)26-15/h2-7,12H,8-11H2,1H3,(H2,21,22,24,27). The molecule has 6 nitrogen and oxygen atoms in total. The summed E-state index contributed by atoms with van der Waals surface area (Å²) in [5.74, 6) is 0.444. The van der Waals surface area contributed by atoms with E-state index in [-0.39, 0.29) is 16.8 Å². The van der Waals surface area contributed by atoms with E-state index in [1.54, 1.807) is 36.4 Å². The van der Waals surface area contributed by atoms with E-state index in [2.05, 4.69) is 33.5 Å². The highest BCUT2D eigenvalue weighted by Gasteiger charge is 2.21. The second-order valence-corrected chi connectivity index (χ2v) is 7.75. The van der Waals surface area contributed by atoms with Gasteiger partial charge in [0.05, 0.1) is 0 Å². The predicted molar refractivity (Wildman–Crippen MR) is 111 cm³/mol. The number of amides is 2. The van der Waals surface area contributed by atoms with Crippen LogP contribution in [-0.2, 0) is 0 Å². The smallest absolute Gasteiger partial charge is 0.293 e. The van der Waals surface area contributed by atoms with Gasteiger partial charge in [-0.15, -0.1) is 0 Å². The molecule has 142 valence electrons. The molecule has 2 N–H and O–H groups in total. The van der Waals surface area contributed by atoms with Crippen LogP contribution in [0.4, 0.5) is 5.69 Å². The van der Waals surface area contributed by atoms with Crippen LogP contribution in [0.3, 0.4) is 0 Å². The lowest BCUT2D eigenvalue weighted by atomic mass is 9.98. The number of nitrogens with zero attached hydrogens (tertiary/aromatic N) is 1. The minimum absolute atomic E-state index is 0.0488. The third-order valence-electron chi connectivity index (χ3n) is 4.48. The summed E-state index contributed by atoms with van der Waals surface area (Å²) in [6, 6.07) is 10.2. The van der Waals surface area contributed by atoms with Gasteiger partial charge in [-0.2, -0.15) is 0 Å². The predicted octanol–water partition coefficient (Wildman–Crippen LogP) is 4.04. The van der Waals surface area contributed by atoms with Crippen LogP contribution in [0.2, 0.25) is 0 Å². The summed E-state index contributed by atoms with van der Waals surface area (Å²) >= 11 is 8.29. The van der Waals surface area contributed by atoms with E-state index in [0.717, 1.165) is 25.9 Å². The van der Waals surface area contributed by atoms with Crippen molar-refractivity contribution >= 4 is 50.8 Å². The molecule has 27 heavy (non-hydrogen) atoms. The van der Waals surface area contributed by atoms with Gasteiger partial charge in [0.1, 0.15) is 0 Å². The normalized spacial score (nSPS) is 14.7. The molecule has 2 amide bonds. The molecule has 0 atom stereocenters. The zero-order valence-corrected chi connectivity index (χ0v) is 17.2. The maximum absolute atomic E-state index is 12.6. The highest BCUT2D eigenvalue weighted by atomic mass is 79.9. The van der Waals surface area contributed by atoms with Crippen molar-refractivity contribution in [3.05, 3.63) is 52.4 Å². The molecule has 0 saturated carbocycles. The molecule has 0 aliphatic carbocycles. The van der Waals surface area contributed by atoms with Gasteiger partial charge >= 0.3 is 0 Å². The van der Waals surface area contributed by atoms with Crippen LogP contribution in [0.25, 0.3) is 0 Å². The highest BCUT2D eigenvalue weighted by Crippen LogP contribution is 2.19. The van der Waals surface area contributed by atoms with E-state index >= 15 is 0 Å². The average molecular weight is 450 g/mol. The van der Waals surface area contributed by atoms with Crippen LogP contribution in [0.5, 0.6) is 0 Å². The van der Waals surface area contributed by atoms with Crippen LogP contribution in [-0.4, -0.2) is 34.9 Å². The number of carbonyl (C=O) groups excluding carboxylic acids is 2. The molecular formula is C19H20BrN3O3S. The van der Waals surface area contributed by atoms with E-state index < -0.39 is 5.91 Å². The third kappa shape index (κ3) is 5.17. The van der Waals surface area contributed by atoms with Crippen molar-refractivity contribution in [2.75, 3.05) is 18.4 Å². The van der Waals surface area contributed by atoms with Gasteiger partial charge in [0.2, 0.25) is 0 Å². The highest BCUT2D eigenvalue weighted by molar-refractivity contribution is 9.10. The van der Waals surface area contributed by atoms with Gasteiger partial charge in [-0.25, -0.2) is 0 Å². The number of thiocarbonyl (C=S) groups is 1. The van der Waals surface area contributed by atoms with Crippen molar-refractivity contribution < 1.29 is 14.0 Å². The van der Waals surface area contributed by atoms with Crippen LogP contribution in [0.1, 0.15) is 40.7 Å². The largest absolute Gasteiger partial charge is 0.444 e. The Bertz CT molecular complexity index is 842. The number of nitrogens with one attached hydrogen (secondary N) is 2. The third-order valence-corrected chi connectivity index (χ3v) is 5.11. The van der Waals surface area contributed by atoms with Crippen molar-refractivity contribution in [1.82, 2.24) is 10.2 Å². The number of piperidine rings is 1. The Hall–Kier alpha value is -2.19. The Morgan fingerprint density at radius 2 is 1.81 bits per heavy atom. The quantitative estimate of drug-likeness (QED) is 0.691. The van der Waals surface area contributed by atoms with Crippen molar-refractivity contribution in [3.63, 3.8) is 0 Å². The van der Waals surface area contributed by atoms with Gasteiger partial charge in [0.25, 0.3) is 11.8 Å². The molecule has 0 radical (unpaired) electrons. The Balaban J connectivity index is 1.54. The van der Waals surface area contributed by atoms with Gasteiger partial charge < -0.3 is 14.6 Å². The Morgan fingerprint density at radius 3 is 2.41 bits per heavy atom. The van der Waals surface area contributed by atoms with E-state index in [4.69, 9.17) is 16.6 Å². The molecular weight excluding hydrogens is 430 g/mol. The molecule has 3 rings (SSSR count). The van der Waals surface area contributed by atoms with E-state index in [0.29, 0.717) is 21.8 Å². The van der Waals surface area contributed by atoms with Gasteiger partial charge in [-0.05, 0) is 83.3 Å². The Morgan fingerprint density at radius 1 is 1.15 bits per heavy atom. The molecule has 1 aliphatic heterocycles. The Labute approximate surface area is 171 Å². The van der Waals surface area contributed by atoms with Gasteiger partial charge in [-0.3, -0.25) is 14.9 Å². The SMILES string of the molecule is CC1CCN(C(=O)c2ccc(NC(=S)NC(=O)c3ccc(Br)o3)cc2)CC1. The van der Waals surface area contributed by atoms with E-state index in [1.807, 2.05) is 4.90 Å². The summed E-state index contributed by atoms with van der Waals surface area (Å²) in [5.41, 5.74) is 1.33. The topological polar surface area (TPSA) is 74.6 Å². The fraction of sp³-hybridized carbons (Fsp3) is 0.316. The molecule has 1 saturated heterocycles. The molecule has 8 heteroatoms. The number of furan rings is 1. The Kier molecular flexibility index (Phi) is 6.28. The molecule has 0 spiro atoms. The number of carbonyl (C=O) groups is 2. The lowest BCUT2D eigenvalue weighted by molar-refractivity contribution is 0.0697. The van der Waals surface area contributed by atoms with Crippen LogP contribution in [0.15, 0.2) is 45.5 Å². The fourth-order valence-corrected chi connectivity index (χ4v) is 3.37. The molecule has 2 heterocycles. The van der Waals surface area contributed by atoms with Crippen molar-refractivity contribution in [2.45, 2.75) is 19.8 Å². The molecule has 0 bridgehead atoms. The van der Waals surface area contributed by atoms with Crippen LogP contribution >= 0.6 is 28.1 Å². The maximum atomic E-state index is 12.6. The lowest BCUT2D eigenvalue weighted by Crippen LogP contribution is -2.37. The first kappa shape index (κ1) is 19.6. The summed E-state index contributed by atoms with van der Waals surface area (Å²) in [7, 11) is 0. The summed E-state index contributed by atoms with van der Waals surface area (Å²) in [5, 5.41) is 5.61. The number of likely N-dealkylation sites (tertiary alicyclic amines) is 1. The summed E-state index contributed by atoms with van der Waals surface area (Å²) < 4.78 is 5.65. The zero-order valence-electron chi connectivity index (χ0n) is 14.8. The van der Waals surface area contributed by atoms with Crippen molar-refractivity contribution in [1.29, 1.82) is 0 Å². The van der Waals surface area contributed by atoms with Crippen LogP contribution < -0.4 is 10.6 Å². The lowest BCUT2D eigenvalue weighted by Gasteiger charge is -2.30. The number of benzene rings is 1.